The van der Waals surface area contributed by atoms with Crippen molar-refractivity contribution in [1.29, 1.82) is 0 Å². The maximum Gasteiger partial charge on any atom is 0.238 e. The Morgan fingerprint density at radius 3 is 2.72 bits per heavy atom. The third-order valence-corrected chi connectivity index (χ3v) is 3.42. The fraction of sp³-hybridized carbons (Fsp3) is 0.250. The number of nitrogens with one attached hydrogen (secondary N) is 1. The molecule has 3 N–H and O–H groups in total. The van der Waals surface area contributed by atoms with Crippen LogP contribution in [0.15, 0.2) is 23.1 Å². The van der Waals surface area contributed by atoms with Gasteiger partial charge < -0.3 is 5.32 Å². The fourth-order valence-corrected chi connectivity index (χ4v) is 2.26. The Morgan fingerprint density at radius 1 is 1.50 bits per heavy atom. The zero-order valence-electron chi connectivity index (χ0n) is 9.93. The van der Waals surface area contributed by atoms with E-state index in [-0.39, 0.29) is 17.2 Å². The summed E-state index contributed by atoms with van der Waals surface area (Å²) in [4.78, 5) is 11.5. The molecule has 0 unspecified atom stereocenters. The van der Waals surface area contributed by atoms with E-state index in [0.717, 1.165) is 0 Å². The van der Waals surface area contributed by atoms with Crippen molar-refractivity contribution in [2.45, 2.75) is 24.7 Å². The van der Waals surface area contributed by atoms with Crippen molar-refractivity contribution >= 4 is 21.6 Å². The van der Waals surface area contributed by atoms with Gasteiger partial charge in [0.15, 0.2) is 0 Å². The summed E-state index contributed by atoms with van der Waals surface area (Å²) in [5.41, 5.74) is 0.831. The molecular weight excluding hydrogens is 252 g/mol. The molecule has 5 nitrogen and oxygen atoms in total. The van der Waals surface area contributed by atoms with Gasteiger partial charge in [-0.05, 0) is 24.6 Å². The largest absolute Gasteiger partial charge is 0.326 e. The molecule has 1 amide bonds. The van der Waals surface area contributed by atoms with Crippen molar-refractivity contribution in [2.24, 2.45) is 5.14 Å². The highest BCUT2D eigenvalue weighted by Gasteiger charge is 2.14. The van der Waals surface area contributed by atoms with Crippen molar-refractivity contribution in [3.05, 3.63) is 23.8 Å². The smallest absolute Gasteiger partial charge is 0.238 e. The number of anilines is 1. The van der Waals surface area contributed by atoms with Gasteiger partial charge >= 0.3 is 0 Å². The van der Waals surface area contributed by atoms with Gasteiger partial charge in [-0.2, -0.15) is 0 Å². The number of hydrogen-bond donors (Lipinski definition) is 2. The van der Waals surface area contributed by atoms with Crippen LogP contribution in [0.5, 0.6) is 0 Å². The number of nitrogens with two attached hydrogens (primary N) is 1. The van der Waals surface area contributed by atoms with Gasteiger partial charge in [0, 0.05) is 18.5 Å². The van der Waals surface area contributed by atoms with E-state index in [2.05, 4.69) is 11.2 Å². The highest BCUT2D eigenvalue weighted by molar-refractivity contribution is 7.89. The van der Waals surface area contributed by atoms with Crippen molar-refractivity contribution in [2.75, 3.05) is 5.32 Å². The van der Waals surface area contributed by atoms with E-state index in [1.54, 1.807) is 13.0 Å². The summed E-state index contributed by atoms with van der Waals surface area (Å²) in [5, 5.41) is 7.67. The molecule has 0 aliphatic rings. The minimum absolute atomic E-state index is 0.00255. The van der Waals surface area contributed by atoms with Gasteiger partial charge in [0.05, 0.1) is 4.90 Å². The predicted molar refractivity (Wildman–Crippen MR) is 69.2 cm³/mol. The third-order valence-electron chi connectivity index (χ3n) is 2.36. The quantitative estimate of drug-likeness (QED) is 0.796. The topological polar surface area (TPSA) is 89.3 Å². The maximum atomic E-state index is 11.5. The van der Waals surface area contributed by atoms with E-state index in [4.69, 9.17) is 11.6 Å². The first-order valence-electron chi connectivity index (χ1n) is 5.22. The van der Waals surface area contributed by atoms with Crippen LogP contribution in [0.3, 0.4) is 0 Å². The lowest BCUT2D eigenvalue weighted by atomic mass is 10.2. The SMILES string of the molecule is C#CCCC(=O)Nc1cccc(S(N)(=O)=O)c1C. The summed E-state index contributed by atoms with van der Waals surface area (Å²) < 4.78 is 22.6. The Labute approximate surface area is 106 Å². The predicted octanol–water partition coefficient (Wildman–Crippen LogP) is 0.994. The minimum atomic E-state index is -3.79. The normalized spacial score (nSPS) is 10.7. The van der Waals surface area contributed by atoms with E-state index in [1.165, 1.54) is 12.1 Å². The Morgan fingerprint density at radius 2 is 2.17 bits per heavy atom. The molecule has 0 aliphatic carbocycles. The number of amides is 1. The van der Waals surface area contributed by atoms with Crippen LogP contribution in [0.1, 0.15) is 18.4 Å². The summed E-state index contributed by atoms with van der Waals surface area (Å²) in [6.45, 7) is 1.58. The molecule has 0 aromatic heterocycles. The minimum Gasteiger partial charge on any atom is -0.326 e. The zero-order chi connectivity index (χ0) is 13.8. The number of carbonyl (C=O) groups is 1. The molecule has 0 spiro atoms. The van der Waals surface area contributed by atoms with Crippen molar-refractivity contribution in [3.8, 4) is 12.3 Å². The first-order valence-corrected chi connectivity index (χ1v) is 6.76. The molecule has 0 radical (unpaired) electrons. The van der Waals surface area contributed by atoms with Crippen molar-refractivity contribution in [1.82, 2.24) is 0 Å². The van der Waals surface area contributed by atoms with Crippen LogP contribution in [0.2, 0.25) is 0 Å². The molecule has 0 saturated heterocycles. The van der Waals surface area contributed by atoms with Crippen LogP contribution in [0.4, 0.5) is 5.69 Å². The van der Waals surface area contributed by atoms with E-state index in [1.807, 2.05) is 0 Å². The van der Waals surface area contributed by atoms with Gasteiger partial charge in [-0.15, -0.1) is 12.3 Å². The molecule has 6 heteroatoms. The van der Waals surface area contributed by atoms with Crippen LogP contribution in [0, 0.1) is 19.3 Å². The van der Waals surface area contributed by atoms with Crippen LogP contribution in [0.25, 0.3) is 0 Å². The highest BCUT2D eigenvalue weighted by Crippen LogP contribution is 2.22. The number of sulfonamides is 1. The van der Waals surface area contributed by atoms with E-state index in [9.17, 15) is 13.2 Å². The molecule has 96 valence electrons. The Bertz CT molecular complexity index is 600. The third kappa shape index (κ3) is 3.58. The number of terminal acetylenes is 1. The number of primary sulfonamides is 1. The molecular formula is C12H14N2O3S. The van der Waals surface area contributed by atoms with E-state index >= 15 is 0 Å². The van der Waals surface area contributed by atoms with Gasteiger partial charge in [-0.1, -0.05) is 6.07 Å². The second-order valence-electron chi connectivity index (χ2n) is 3.73. The lowest BCUT2D eigenvalue weighted by Crippen LogP contribution is -2.16. The molecule has 0 saturated carbocycles. The van der Waals surface area contributed by atoms with E-state index < -0.39 is 10.0 Å². The lowest BCUT2D eigenvalue weighted by molar-refractivity contribution is -0.116. The summed E-state index contributed by atoms with van der Waals surface area (Å²) in [5.74, 6) is 2.10. The average Bonchev–Trinajstić information content (AvgIpc) is 2.27. The summed E-state index contributed by atoms with van der Waals surface area (Å²) in [6.07, 6.45) is 5.58. The first kappa shape index (κ1) is 14.2. The molecule has 1 aromatic carbocycles. The van der Waals surface area contributed by atoms with Crippen molar-refractivity contribution in [3.63, 3.8) is 0 Å². The second-order valence-corrected chi connectivity index (χ2v) is 5.26. The summed E-state index contributed by atoms with van der Waals surface area (Å²) in [7, 11) is -3.79. The van der Waals surface area contributed by atoms with E-state index in [0.29, 0.717) is 17.7 Å². The van der Waals surface area contributed by atoms with Gasteiger partial charge in [-0.3, -0.25) is 4.79 Å². The standard InChI is InChI=1S/C12H14N2O3S/c1-3-4-8-12(15)14-10-6-5-7-11(9(10)2)18(13,16)17/h1,5-7H,4,8H2,2H3,(H,14,15)(H2,13,16,17). The van der Waals surface area contributed by atoms with Crippen LogP contribution in [-0.4, -0.2) is 14.3 Å². The Hall–Kier alpha value is -1.84. The zero-order valence-corrected chi connectivity index (χ0v) is 10.8. The molecule has 1 rings (SSSR count). The monoisotopic (exact) mass is 266 g/mol. The van der Waals surface area contributed by atoms with Crippen LogP contribution in [-0.2, 0) is 14.8 Å². The maximum absolute atomic E-state index is 11.5. The molecule has 1 aromatic rings. The van der Waals surface area contributed by atoms with Crippen LogP contribution < -0.4 is 10.5 Å². The fourth-order valence-electron chi connectivity index (χ4n) is 1.46. The molecule has 0 heterocycles. The summed E-state index contributed by atoms with van der Waals surface area (Å²) >= 11 is 0. The van der Waals surface area contributed by atoms with Gasteiger partial charge in [0.1, 0.15) is 0 Å². The summed E-state index contributed by atoms with van der Waals surface area (Å²) in [6, 6.07) is 4.52. The Balaban J connectivity index is 2.99. The van der Waals surface area contributed by atoms with Crippen LogP contribution >= 0.6 is 0 Å². The van der Waals surface area contributed by atoms with Gasteiger partial charge in [0.2, 0.25) is 15.9 Å². The Kier molecular flexibility index (Phi) is 4.48. The molecule has 18 heavy (non-hydrogen) atoms. The average molecular weight is 266 g/mol. The number of carbonyl (C=O) groups excluding carboxylic acids is 1. The highest BCUT2D eigenvalue weighted by atomic mass is 32.2. The lowest BCUT2D eigenvalue weighted by Gasteiger charge is -2.10. The molecule has 0 bridgehead atoms. The van der Waals surface area contributed by atoms with Crippen molar-refractivity contribution < 1.29 is 13.2 Å². The second kappa shape index (κ2) is 5.67. The van der Waals surface area contributed by atoms with Gasteiger partial charge in [0.25, 0.3) is 0 Å². The molecule has 0 fully saturated rings. The van der Waals surface area contributed by atoms with Gasteiger partial charge in [-0.25, -0.2) is 13.6 Å². The molecule has 0 atom stereocenters. The molecule has 0 aliphatic heterocycles. The first-order chi connectivity index (χ1) is 8.36. The number of rotatable bonds is 4. The number of hydrogen-bond acceptors (Lipinski definition) is 3. The number of benzene rings is 1.